The van der Waals surface area contributed by atoms with Gasteiger partial charge in [-0.2, -0.15) is 0 Å². The van der Waals surface area contributed by atoms with Crippen molar-refractivity contribution < 1.29 is 19.0 Å². The summed E-state index contributed by atoms with van der Waals surface area (Å²) in [5.41, 5.74) is 5.22. The number of rotatable bonds is 8. The van der Waals surface area contributed by atoms with E-state index in [0.29, 0.717) is 11.3 Å². The highest BCUT2D eigenvalue weighted by Gasteiger charge is 2.34. The molecule has 184 valence electrons. The Morgan fingerprint density at radius 2 is 1.69 bits per heavy atom. The Labute approximate surface area is 207 Å². The van der Waals surface area contributed by atoms with E-state index < -0.39 is 0 Å². The van der Waals surface area contributed by atoms with Crippen LogP contribution in [0.1, 0.15) is 45.6 Å². The summed E-state index contributed by atoms with van der Waals surface area (Å²) in [6, 6.07) is 19.8. The van der Waals surface area contributed by atoms with Gasteiger partial charge in [-0.05, 0) is 72.9 Å². The number of fused-ring (bicyclic) bond motifs is 1. The summed E-state index contributed by atoms with van der Waals surface area (Å²) in [4.78, 5) is 15.6. The predicted octanol–water partition coefficient (Wildman–Crippen LogP) is 4.94. The molecule has 0 bridgehead atoms. The third-order valence-corrected chi connectivity index (χ3v) is 6.79. The highest BCUT2D eigenvalue weighted by Crippen LogP contribution is 2.40. The van der Waals surface area contributed by atoms with Gasteiger partial charge in [0.1, 0.15) is 5.75 Å². The maximum absolute atomic E-state index is 13.2. The molecule has 0 unspecified atom stereocenters. The van der Waals surface area contributed by atoms with E-state index in [1.807, 2.05) is 43.3 Å². The summed E-state index contributed by atoms with van der Waals surface area (Å²) in [5, 5.41) is 3.28. The second-order valence-corrected chi connectivity index (χ2v) is 9.00. The SMILES string of the molecule is COc1ccc(CN2CCc3cc(OC)c(OC)cc3[C@@H]2[C@@H](C)NC(=O)c2ccccc2C)cc1. The van der Waals surface area contributed by atoms with Crippen molar-refractivity contribution in [1.29, 1.82) is 0 Å². The number of nitrogens with zero attached hydrogens (tertiary/aromatic N) is 1. The van der Waals surface area contributed by atoms with Crippen molar-refractivity contribution in [2.24, 2.45) is 0 Å². The first-order valence-corrected chi connectivity index (χ1v) is 11.9. The molecule has 0 aliphatic carbocycles. The molecule has 2 atom stereocenters. The number of amides is 1. The molecule has 1 heterocycles. The molecule has 3 aromatic rings. The molecule has 1 amide bonds. The summed E-state index contributed by atoms with van der Waals surface area (Å²) in [5.74, 6) is 2.20. The first kappa shape index (κ1) is 24.6. The average molecular weight is 475 g/mol. The van der Waals surface area contributed by atoms with Crippen LogP contribution < -0.4 is 19.5 Å². The van der Waals surface area contributed by atoms with Gasteiger partial charge in [0, 0.05) is 24.7 Å². The van der Waals surface area contributed by atoms with Crippen LogP contribution in [0.5, 0.6) is 17.2 Å². The summed E-state index contributed by atoms with van der Waals surface area (Å²) >= 11 is 0. The number of carbonyl (C=O) groups is 1. The molecule has 1 aliphatic heterocycles. The number of carbonyl (C=O) groups excluding carboxylic acids is 1. The topological polar surface area (TPSA) is 60.0 Å². The van der Waals surface area contributed by atoms with Crippen LogP contribution in [0.25, 0.3) is 0 Å². The van der Waals surface area contributed by atoms with Gasteiger partial charge in [0.05, 0.1) is 27.4 Å². The molecule has 0 aromatic heterocycles. The highest BCUT2D eigenvalue weighted by atomic mass is 16.5. The molecule has 0 fully saturated rings. The highest BCUT2D eigenvalue weighted by molar-refractivity contribution is 5.95. The fraction of sp³-hybridized carbons (Fsp3) is 0.345. The van der Waals surface area contributed by atoms with E-state index in [4.69, 9.17) is 14.2 Å². The van der Waals surface area contributed by atoms with E-state index in [1.54, 1.807) is 21.3 Å². The van der Waals surface area contributed by atoms with E-state index in [2.05, 4.69) is 41.4 Å². The van der Waals surface area contributed by atoms with E-state index >= 15 is 0 Å². The number of nitrogens with one attached hydrogen (secondary N) is 1. The van der Waals surface area contributed by atoms with Crippen LogP contribution in [0, 0.1) is 6.92 Å². The van der Waals surface area contributed by atoms with Crippen molar-refractivity contribution in [2.75, 3.05) is 27.9 Å². The summed E-state index contributed by atoms with van der Waals surface area (Å²) in [7, 11) is 4.99. The van der Waals surface area contributed by atoms with Crippen LogP contribution in [0.15, 0.2) is 60.7 Å². The van der Waals surface area contributed by atoms with Crippen molar-refractivity contribution in [3.8, 4) is 17.2 Å². The van der Waals surface area contributed by atoms with Gasteiger partial charge in [-0.3, -0.25) is 9.69 Å². The fourth-order valence-corrected chi connectivity index (χ4v) is 4.95. The second-order valence-electron chi connectivity index (χ2n) is 9.00. The molecule has 3 aromatic carbocycles. The quantitative estimate of drug-likeness (QED) is 0.501. The van der Waals surface area contributed by atoms with Gasteiger partial charge in [0.2, 0.25) is 0 Å². The molecule has 1 aliphatic rings. The molecular weight excluding hydrogens is 440 g/mol. The lowest BCUT2D eigenvalue weighted by Crippen LogP contribution is -2.47. The van der Waals surface area contributed by atoms with Gasteiger partial charge in [0.15, 0.2) is 11.5 Å². The second kappa shape index (κ2) is 10.8. The average Bonchev–Trinajstić information content (AvgIpc) is 2.88. The molecular formula is C29H34N2O4. The molecule has 4 rings (SSSR count). The number of hydrogen-bond acceptors (Lipinski definition) is 5. The summed E-state index contributed by atoms with van der Waals surface area (Å²) in [6.45, 7) is 5.66. The Hall–Kier alpha value is -3.51. The monoisotopic (exact) mass is 474 g/mol. The van der Waals surface area contributed by atoms with Crippen LogP contribution in [-0.4, -0.2) is 44.7 Å². The van der Waals surface area contributed by atoms with Gasteiger partial charge >= 0.3 is 0 Å². The van der Waals surface area contributed by atoms with Gasteiger partial charge in [-0.1, -0.05) is 30.3 Å². The number of methoxy groups -OCH3 is 3. The predicted molar refractivity (Wildman–Crippen MR) is 138 cm³/mol. The van der Waals surface area contributed by atoms with E-state index in [-0.39, 0.29) is 18.0 Å². The van der Waals surface area contributed by atoms with Gasteiger partial charge in [-0.15, -0.1) is 0 Å². The zero-order valence-electron chi connectivity index (χ0n) is 21.1. The Balaban J connectivity index is 1.68. The third kappa shape index (κ3) is 5.28. The minimum atomic E-state index is -0.141. The molecule has 0 saturated heterocycles. The van der Waals surface area contributed by atoms with Crippen LogP contribution in [0.3, 0.4) is 0 Å². The zero-order valence-corrected chi connectivity index (χ0v) is 21.1. The molecule has 6 heteroatoms. The van der Waals surface area contributed by atoms with Crippen LogP contribution in [0.4, 0.5) is 0 Å². The maximum atomic E-state index is 13.2. The van der Waals surface area contributed by atoms with E-state index in [0.717, 1.165) is 42.1 Å². The van der Waals surface area contributed by atoms with E-state index in [1.165, 1.54) is 11.1 Å². The maximum Gasteiger partial charge on any atom is 0.251 e. The Morgan fingerprint density at radius 1 is 1.00 bits per heavy atom. The smallest absolute Gasteiger partial charge is 0.251 e. The number of ether oxygens (including phenoxy) is 3. The molecule has 0 saturated carbocycles. The standard InChI is InChI=1S/C29H34N2O4/c1-19-8-6-7-9-24(19)29(32)30-20(2)28-25-17-27(35-5)26(34-4)16-22(25)14-15-31(28)18-21-10-12-23(33-3)13-11-21/h6-13,16-17,20,28H,14-15,18H2,1-5H3,(H,30,32)/t20-,28+/m1/s1. The fourth-order valence-electron chi connectivity index (χ4n) is 4.95. The van der Waals surface area contributed by atoms with Crippen molar-refractivity contribution >= 4 is 5.91 Å². The summed E-state index contributed by atoms with van der Waals surface area (Å²) in [6.07, 6.45) is 0.890. The van der Waals surface area contributed by atoms with E-state index in [9.17, 15) is 4.79 Å². The Bertz CT molecular complexity index is 1180. The Kier molecular flexibility index (Phi) is 7.61. The van der Waals surface area contributed by atoms with Crippen molar-refractivity contribution in [1.82, 2.24) is 10.2 Å². The minimum absolute atomic E-state index is 0.0337. The largest absolute Gasteiger partial charge is 0.497 e. The first-order valence-electron chi connectivity index (χ1n) is 11.9. The minimum Gasteiger partial charge on any atom is -0.497 e. The van der Waals surface area contributed by atoms with Crippen LogP contribution in [0.2, 0.25) is 0 Å². The lowest BCUT2D eigenvalue weighted by Gasteiger charge is -2.41. The molecule has 0 radical (unpaired) electrons. The third-order valence-electron chi connectivity index (χ3n) is 6.79. The summed E-state index contributed by atoms with van der Waals surface area (Å²) < 4.78 is 16.5. The number of aryl methyl sites for hydroxylation is 1. The van der Waals surface area contributed by atoms with Crippen molar-refractivity contribution in [2.45, 2.75) is 38.9 Å². The molecule has 6 nitrogen and oxygen atoms in total. The van der Waals surface area contributed by atoms with Crippen LogP contribution >= 0.6 is 0 Å². The van der Waals surface area contributed by atoms with Gasteiger partial charge < -0.3 is 19.5 Å². The van der Waals surface area contributed by atoms with Gasteiger partial charge in [-0.25, -0.2) is 0 Å². The lowest BCUT2D eigenvalue weighted by molar-refractivity contribution is 0.0876. The molecule has 35 heavy (non-hydrogen) atoms. The lowest BCUT2D eigenvalue weighted by atomic mass is 9.87. The number of hydrogen-bond donors (Lipinski definition) is 1. The van der Waals surface area contributed by atoms with Crippen molar-refractivity contribution in [3.05, 3.63) is 88.5 Å². The van der Waals surface area contributed by atoms with Gasteiger partial charge in [0.25, 0.3) is 5.91 Å². The van der Waals surface area contributed by atoms with Crippen LogP contribution in [-0.2, 0) is 13.0 Å². The zero-order chi connectivity index (χ0) is 24.9. The molecule has 0 spiro atoms. The van der Waals surface area contributed by atoms with Crippen molar-refractivity contribution in [3.63, 3.8) is 0 Å². The Morgan fingerprint density at radius 3 is 2.34 bits per heavy atom. The normalized spacial score (nSPS) is 16.2. The first-order chi connectivity index (χ1) is 16.9. The molecule has 1 N–H and O–H groups in total. The number of benzene rings is 3.